The van der Waals surface area contributed by atoms with E-state index in [2.05, 4.69) is 15.2 Å². The molecule has 0 saturated heterocycles. The van der Waals surface area contributed by atoms with Crippen LogP contribution < -0.4 is 14.8 Å². The second kappa shape index (κ2) is 7.76. The summed E-state index contributed by atoms with van der Waals surface area (Å²) < 4.78 is 36.1. The highest BCUT2D eigenvalue weighted by Gasteiger charge is 2.15. The van der Waals surface area contributed by atoms with Gasteiger partial charge in [-0.15, -0.1) is 0 Å². The van der Waals surface area contributed by atoms with Crippen molar-refractivity contribution in [1.29, 1.82) is 0 Å². The topological polar surface area (TPSA) is 65.4 Å². The van der Waals surface area contributed by atoms with E-state index in [0.717, 1.165) is 11.3 Å². The first-order chi connectivity index (χ1) is 11.4. The van der Waals surface area contributed by atoms with Crippen LogP contribution in [0, 0.1) is 6.92 Å². The number of alkyl halides is 2. The molecule has 1 heterocycles. The van der Waals surface area contributed by atoms with E-state index in [1.165, 1.54) is 18.2 Å². The third-order valence-corrected chi connectivity index (χ3v) is 3.50. The molecule has 0 saturated carbocycles. The summed E-state index contributed by atoms with van der Waals surface area (Å²) in [4.78, 5) is 12.2. The molecule has 1 N–H and O–H groups in total. The number of carbonyl (C=O) groups excluding carboxylic acids is 1. The lowest BCUT2D eigenvalue weighted by molar-refractivity contribution is -0.0514. The molecule has 8 heteroatoms. The van der Waals surface area contributed by atoms with Crippen molar-refractivity contribution in [3.05, 3.63) is 41.2 Å². The van der Waals surface area contributed by atoms with Gasteiger partial charge >= 0.3 is 6.61 Å². The Kier molecular flexibility index (Phi) is 5.73. The van der Waals surface area contributed by atoms with E-state index in [4.69, 9.17) is 4.74 Å². The Balaban J connectivity index is 2.11. The fourth-order valence-corrected chi connectivity index (χ4v) is 2.11. The molecule has 0 bridgehead atoms. The SMILES string of the molecule is CCOc1cc(C(=O)NCc2cnn(C)c2C)ccc1OC(F)F. The number of rotatable bonds is 7. The number of ether oxygens (including phenoxy) is 2. The summed E-state index contributed by atoms with van der Waals surface area (Å²) in [5.74, 6) is -0.350. The Labute approximate surface area is 138 Å². The van der Waals surface area contributed by atoms with Crippen LogP contribution in [0.3, 0.4) is 0 Å². The van der Waals surface area contributed by atoms with Gasteiger partial charge in [0.15, 0.2) is 11.5 Å². The number of aromatic nitrogens is 2. The molecule has 1 amide bonds. The molecular weight excluding hydrogens is 320 g/mol. The van der Waals surface area contributed by atoms with Gasteiger partial charge in [0.1, 0.15) is 0 Å². The van der Waals surface area contributed by atoms with Gasteiger partial charge in [-0.3, -0.25) is 9.48 Å². The zero-order valence-electron chi connectivity index (χ0n) is 13.7. The smallest absolute Gasteiger partial charge is 0.387 e. The Hall–Kier alpha value is -2.64. The summed E-state index contributed by atoms with van der Waals surface area (Å²) in [6.45, 7) is 1.23. The molecule has 6 nitrogen and oxygen atoms in total. The van der Waals surface area contributed by atoms with Crippen LogP contribution >= 0.6 is 0 Å². The first-order valence-electron chi connectivity index (χ1n) is 7.39. The average Bonchev–Trinajstić information content (AvgIpc) is 2.85. The molecule has 130 valence electrons. The lowest BCUT2D eigenvalue weighted by atomic mass is 10.1. The Bertz CT molecular complexity index is 717. The van der Waals surface area contributed by atoms with Gasteiger partial charge in [0.05, 0.1) is 12.8 Å². The van der Waals surface area contributed by atoms with Gasteiger partial charge in [0.25, 0.3) is 5.91 Å². The molecule has 0 radical (unpaired) electrons. The van der Waals surface area contributed by atoms with Gasteiger partial charge in [0, 0.05) is 30.4 Å². The molecule has 1 aromatic heterocycles. The number of nitrogens with zero attached hydrogens (tertiary/aromatic N) is 2. The molecule has 0 aliphatic rings. The number of nitrogens with one attached hydrogen (secondary N) is 1. The van der Waals surface area contributed by atoms with Crippen LogP contribution in [0.4, 0.5) is 8.78 Å². The van der Waals surface area contributed by atoms with Crippen molar-refractivity contribution >= 4 is 5.91 Å². The maximum absolute atomic E-state index is 12.4. The predicted octanol–water partition coefficient (Wildman–Crippen LogP) is 2.66. The van der Waals surface area contributed by atoms with Crippen LogP contribution in [-0.4, -0.2) is 28.9 Å². The quantitative estimate of drug-likeness (QED) is 0.842. The maximum atomic E-state index is 12.4. The Morgan fingerprint density at radius 1 is 1.38 bits per heavy atom. The third kappa shape index (κ3) is 4.21. The molecule has 24 heavy (non-hydrogen) atoms. The largest absolute Gasteiger partial charge is 0.490 e. The molecular formula is C16H19F2N3O3. The highest BCUT2D eigenvalue weighted by atomic mass is 19.3. The molecule has 2 aromatic rings. The highest BCUT2D eigenvalue weighted by Crippen LogP contribution is 2.29. The van der Waals surface area contributed by atoms with Crippen molar-refractivity contribution in [2.24, 2.45) is 7.05 Å². The normalized spacial score (nSPS) is 10.8. The number of amides is 1. The zero-order valence-corrected chi connectivity index (χ0v) is 13.7. The van der Waals surface area contributed by atoms with Crippen LogP contribution in [0.25, 0.3) is 0 Å². The number of aryl methyl sites for hydroxylation is 1. The van der Waals surface area contributed by atoms with Gasteiger partial charge in [0.2, 0.25) is 0 Å². The molecule has 1 aromatic carbocycles. The van der Waals surface area contributed by atoms with Gasteiger partial charge in [-0.25, -0.2) is 0 Å². The van der Waals surface area contributed by atoms with E-state index in [1.807, 2.05) is 14.0 Å². The van der Waals surface area contributed by atoms with Crippen LogP contribution in [0.1, 0.15) is 28.5 Å². The van der Waals surface area contributed by atoms with Gasteiger partial charge in [-0.05, 0) is 32.0 Å². The van der Waals surface area contributed by atoms with E-state index in [0.29, 0.717) is 12.1 Å². The van der Waals surface area contributed by atoms with Crippen LogP contribution in [0.5, 0.6) is 11.5 Å². The minimum atomic E-state index is -2.96. The van der Waals surface area contributed by atoms with E-state index < -0.39 is 6.61 Å². The number of hydrogen-bond donors (Lipinski definition) is 1. The van der Waals surface area contributed by atoms with Crippen molar-refractivity contribution in [2.45, 2.75) is 27.0 Å². The molecule has 0 unspecified atom stereocenters. The number of benzene rings is 1. The second-order valence-corrected chi connectivity index (χ2v) is 5.03. The van der Waals surface area contributed by atoms with Gasteiger partial charge in [-0.2, -0.15) is 13.9 Å². The Morgan fingerprint density at radius 3 is 2.71 bits per heavy atom. The van der Waals surface area contributed by atoms with Crippen molar-refractivity contribution < 1.29 is 23.0 Å². The Morgan fingerprint density at radius 2 is 2.12 bits per heavy atom. The van der Waals surface area contributed by atoms with Crippen molar-refractivity contribution in [3.63, 3.8) is 0 Å². The first-order valence-corrected chi connectivity index (χ1v) is 7.39. The summed E-state index contributed by atoms with van der Waals surface area (Å²) in [6.07, 6.45) is 1.68. The first kappa shape index (κ1) is 17.7. The zero-order chi connectivity index (χ0) is 17.7. The van der Waals surface area contributed by atoms with E-state index >= 15 is 0 Å². The molecule has 0 atom stereocenters. The average molecular weight is 339 g/mol. The molecule has 0 aliphatic carbocycles. The van der Waals surface area contributed by atoms with E-state index in [9.17, 15) is 13.6 Å². The molecule has 0 spiro atoms. The summed E-state index contributed by atoms with van der Waals surface area (Å²) in [5, 5.41) is 6.86. The number of hydrogen-bond acceptors (Lipinski definition) is 4. The fourth-order valence-electron chi connectivity index (χ4n) is 2.11. The predicted molar refractivity (Wildman–Crippen MR) is 83.4 cm³/mol. The molecule has 0 aliphatic heterocycles. The third-order valence-electron chi connectivity index (χ3n) is 3.50. The standard InChI is InChI=1S/C16H19F2N3O3/c1-4-23-14-7-11(5-6-13(14)24-16(17)18)15(22)19-8-12-9-20-21(3)10(12)2/h5-7,9,16H,4,8H2,1-3H3,(H,19,22). The fraction of sp³-hybridized carbons (Fsp3) is 0.375. The summed E-state index contributed by atoms with van der Waals surface area (Å²) in [5.41, 5.74) is 2.14. The van der Waals surface area contributed by atoms with Gasteiger partial charge < -0.3 is 14.8 Å². The minimum absolute atomic E-state index is 0.100. The lowest BCUT2D eigenvalue weighted by Crippen LogP contribution is -2.23. The van der Waals surface area contributed by atoms with Crippen LogP contribution in [0.2, 0.25) is 0 Å². The maximum Gasteiger partial charge on any atom is 0.387 e. The molecule has 2 rings (SSSR count). The highest BCUT2D eigenvalue weighted by molar-refractivity contribution is 5.94. The summed E-state index contributed by atoms with van der Waals surface area (Å²) in [6, 6.07) is 4.08. The van der Waals surface area contributed by atoms with Crippen molar-refractivity contribution in [2.75, 3.05) is 6.61 Å². The van der Waals surface area contributed by atoms with Crippen LogP contribution in [-0.2, 0) is 13.6 Å². The van der Waals surface area contributed by atoms with Crippen LogP contribution in [0.15, 0.2) is 24.4 Å². The van der Waals surface area contributed by atoms with E-state index in [1.54, 1.807) is 17.8 Å². The second-order valence-electron chi connectivity index (χ2n) is 5.03. The summed E-state index contributed by atoms with van der Waals surface area (Å²) in [7, 11) is 1.82. The number of halogens is 2. The van der Waals surface area contributed by atoms with Gasteiger partial charge in [-0.1, -0.05) is 0 Å². The molecule has 0 fully saturated rings. The number of carbonyl (C=O) groups is 1. The van der Waals surface area contributed by atoms with Crippen molar-refractivity contribution in [1.82, 2.24) is 15.1 Å². The summed E-state index contributed by atoms with van der Waals surface area (Å²) >= 11 is 0. The lowest BCUT2D eigenvalue weighted by Gasteiger charge is -2.12. The minimum Gasteiger partial charge on any atom is -0.490 e. The van der Waals surface area contributed by atoms with E-state index in [-0.39, 0.29) is 24.0 Å². The van der Waals surface area contributed by atoms with Crippen molar-refractivity contribution in [3.8, 4) is 11.5 Å². The monoisotopic (exact) mass is 339 g/mol.